The molecular formula is C9H15N3O. The molecule has 1 aromatic heterocycles. The van der Waals surface area contributed by atoms with Gasteiger partial charge in [-0.2, -0.15) is 4.98 Å². The first-order valence-electron chi connectivity index (χ1n) is 4.48. The molecule has 0 atom stereocenters. The summed E-state index contributed by atoms with van der Waals surface area (Å²) in [4.78, 5) is 8.34. The molecule has 0 aliphatic heterocycles. The summed E-state index contributed by atoms with van der Waals surface area (Å²) in [6.45, 7) is 7.29. The van der Waals surface area contributed by atoms with E-state index in [-0.39, 0.29) is 0 Å². The van der Waals surface area contributed by atoms with E-state index in [0.29, 0.717) is 12.5 Å². The SMILES string of the molecule is CCNc1cc(OCC)nc(C)n1. The molecule has 0 amide bonds. The van der Waals surface area contributed by atoms with Gasteiger partial charge in [0.25, 0.3) is 0 Å². The molecule has 0 saturated carbocycles. The number of nitrogens with zero attached hydrogens (tertiary/aromatic N) is 2. The Morgan fingerprint density at radius 3 is 2.77 bits per heavy atom. The molecule has 0 unspecified atom stereocenters. The van der Waals surface area contributed by atoms with Gasteiger partial charge in [-0.15, -0.1) is 0 Å². The minimum atomic E-state index is 0.627. The van der Waals surface area contributed by atoms with Crippen molar-refractivity contribution in [3.63, 3.8) is 0 Å². The molecule has 0 aliphatic rings. The van der Waals surface area contributed by atoms with Gasteiger partial charge in [0.1, 0.15) is 11.6 Å². The van der Waals surface area contributed by atoms with Crippen LogP contribution in [0.15, 0.2) is 6.07 Å². The molecule has 0 aliphatic carbocycles. The highest BCUT2D eigenvalue weighted by molar-refractivity contribution is 5.38. The van der Waals surface area contributed by atoms with Crippen molar-refractivity contribution >= 4 is 5.82 Å². The number of rotatable bonds is 4. The van der Waals surface area contributed by atoms with Crippen LogP contribution in [0.4, 0.5) is 5.82 Å². The fraction of sp³-hybridized carbons (Fsp3) is 0.556. The van der Waals surface area contributed by atoms with Gasteiger partial charge in [-0.1, -0.05) is 0 Å². The average Bonchev–Trinajstić information content (AvgIpc) is 2.04. The lowest BCUT2D eigenvalue weighted by Crippen LogP contribution is -2.03. The molecule has 0 fully saturated rings. The van der Waals surface area contributed by atoms with Gasteiger partial charge >= 0.3 is 0 Å². The Morgan fingerprint density at radius 1 is 1.38 bits per heavy atom. The Hall–Kier alpha value is -1.32. The topological polar surface area (TPSA) is 47.0 Å². The van der Waals surface area contributed by atoms with Gasteiger partial charge in [0, 0.05) is 12.6 Å². The van der Waals surface area contributed by atoms with Gasteiger partial charge < -0.3 is 10.1 Å². The largest absolute Gasteiger partial charge is 0.478 e. The molecule has 72 valence electrons. The molecule has 1 rings (SSSR count). The van der Waals surface area contributed by atoms with E-state index in [4.69, 9.17) is 4.74 Å². The fourth-order valence-electron chi connectivity index (χ4n) is 1.03. The van der Waals surface area contributed by atoms with E-state index in [1.165, 1.54) is 0 Å². The van der Waals surface area contributed by atoms with Crippen LogP contribution in [-0.2, 0) is 0 Å². The van der Waals surface area contributed by atoms with Crippen LogP contribution in [0, 0.1) is 6.92 Å². The zero-order valence-corrected chi connectivity index (χ0v) is 8.29. The number of aryl methyl sites for hydroxylation is 1. The number of hydrogen-bond acceptors (Lipinski definition) is 4. The lowest BCUT2D eigenvalue weighted by molar-refractivity contribution is 0.325. The van der Waals surface area contributed by atoms with Crippen LogP contribution in [0.25, 0.3) is 0 Å². The first-order valence-corrected chi connectivity index (χ1v) is 4.48. The maximum absolute atomic E-state index is 5.28. The molecule has 4 nitrogen and oxygen atoms in total. The Morgan fingerprint density at radius 2 is 2.15 bits per heavy atom. The standard InChI is InChI=1S/C9H15N3O/c1-4-10-8-6-9(13-5-2)12-7(3)11-8/h6H,4-5H2,1-3H3,(H,10,11,12). The lowest BCUT2D eigenvalue weighted by Gasteiger charge is -2.06. The molecule has 1 aromatic rings. The Labute approximate surface area is 78.4 Å². The van der Waals surface area contributed by atoms with Crippen molar-refractivity contribution in [1.82, 2.24) is 9.97 Å². The lowest BCUT2D eigenvalue weighted by atomic mass is 10.5. The van der Waals surface area contributed by atoms with Crippen molar-refractivity contribution in [1.29, 1.82) is 0 Å². The van der Waals surface area contributed by atoms with Crippen molar-refractivity contribution < 1.29 is 4.74 Å². The predicted molar refractivity (Wildman–Crippen MR) is 52.1 cm³/mol. The average molecular weight is 181 g/mol. The van der Waals surface area contributed by atoms with Gasteiger partial charge in [-0.25, -0.2) is 4.98 Å². The maximum atomic E-state index is 5.28. The van der Waals surface area contributed by atoms with E-state index in [1.807, 2.05) is 20.8 Å². The summed E-state index contributed by atoms with van der Waals surface area (Å²) >= 11 is 0. The first kappa shape index (κ1) is 9.77. The summed E-state index contributed by atoms with van der Waals surface area (Å²) < 4.78 is 5.28. The summed E-state index contributed by atoms with van der Waals surface area (Å²) in [5.41, 5.74) is 0. The molecule has 0 aromatic carbocycles. The first-order chi connectivity index (χ1) is 6.26. The van der Waals surface area contributed by atoms with E-state index >= 15 is 0 Å². The van der Waals surface area contributed by atoms with Crippen LogP contribution in [0.1, 0.15) is 19.7 Å². The van der Waals surface area contributed by atoms with Gasteiger partial charge in [-0.3, -0.25) is 0 Å². The van der Waals surface area contributed by atoms with Gasteiger partial charge in [0.15, 0.2) is 0 Å². The molecule has 1 heterocycles. The number of hydrogen-bond donors (Lipinski definition) is 1. The fourth-order valence-corrected chi connectivity index (χ4v) is 1.03. The molecule has 13 heavy (non-hydrogen) atoms. The highest BCUT2D eigenvalue weighted by Gasteiger charge is 2.00. The van der Waals surface area contributed by atoms with Crippen LogP contribution >= 0.6 is 0 Å². The van der Waals surface area contributed by atoms with E-state index in [1.54, 1.807) is 6.07 Å². The Kier molecular flexibility index (Phi) is 3.49. The third kappa shape index (κ3) is 2.89. The number of aromatic nitrogens is 2. The second kappa shape index (κ2) is 4.64. The highest BCUT2D eigenvalue weighted by atomic mass is 16.5. The van der Waals surface area contributed by atoms with Gasteiger partial charge in [0.2, 0.25) is 5.88 Å². The zero-order valence-electron chi connectivity index (χ0n) is 8.29. The van der Waals surface area contributed by atoms with Crippen molar-refractivity contribution in [3.8, 4) is 5.88 Å². The Bertz CT molecular complexity index is 251. The minimum Gasteiger partial charge on any atom is -0.478 e. The summed E-state index contributed by atoms with van der Waals surface area (Å²) in [6.07, 6.45) is 0. The third-order valence-corrected chi connectivity index (χ3v) is 1.46. The zero-order chi connectivity index (χ0) is 9.68. The van der Waals surface area contributed by atoms with Crippen LogP contribution in [0.2, 0.25) is 0 Å². The van der Waals surface area contributed by atoms with E-state index < -0.39 is 0 Å². The minimum absolute atomic E-state index is 0.627. The van der Waals surface area contributed by atoms with Crippen LogP contribution in [-0.4, -0.2) is 23.1 Å². The molecule has 0 bridgehead atoms. The summed E-state index contributed by atoms with van der Waals surface area (Å²) in [5, 5.41) is 3.12. The molecule has 4 heteroatoms. The summed E-state index contributed by atoms with van der Waals surface area (Å²) in [5.74, 6) is 2.17. The van der Waals surface area contributed by atoms with Gasteiger partial charge in [-0.05, 0) is 20.8 Å². The number of ether oxygens (including phenoxy) is 1. The number of nitrogens with one attached hydrogen (secondary N) is 1. The second-order valence-corrected chi connectivity index (χ2v) is 2.60. The van der Waals surface area contributed by atoms with Gasteiger partial charge in [0.05, 0.1) is 6.61 Å². The van der Waals surface area contributed by atoms with E-state index in [2.05, 4.69) is 15.3 Å². The summed E-state index contributed by atoms with van der Waals surface area (Å²) in [6, 6.07) is 1.81. The van der Waals surface area contributed by atoms with E-state index in [0.717, 1.165) is 18.2 Å². The summed E-state index contributed by atoms with van der Waals surface area (Å²) in [7, 11) is 0. The molecule has 0 saturated heterocycles. The Balaban J connectivity index is 2.83. The third-order valence-electron chi connectivity index (χ3n) is 1.46. The van der Waals surface area contributed by atoms with Crippen LogP contribution in [0.3, 0.4) is 0 Å². The maximum Gasteiger partial charge on any atom is 0.218 e. The van der Waals surface area contributed by atoms with Crippen LogP contribution in [0.5, 0.6) is 5.88 Å². The smallest absolute Gasteiger partial charge is 0.218 e. The normalized spacial score (nSPS) is 9.77. The molecule has 0 radical (unpaired) electrons. The van der Waals surface area contributed by atoms with Crippen molar-refractivity contribution in [2.75, 3.05) is 18.5 Å². The van der Waals surface area contributed by atoms with Crippen molar-refractivity contribution in [3.05, 3.63) is 11.9 Å². The monoisotopic (exact) mass is 181 g/mol. The van der Waals surface area contributed by atoms with Crippen LogP contribution < -0.4 is 10.1 Å². The van der Waals surface area contributed by atoms with E-state index in [9.17, 15) is 0 Å². The second-order valence-electron chi connectivity index (χ2n) is 2.60. The molecular weight excluding hydrogens is 166 g/mol. The van der Waals surface area contributed by atoms with Crippen molar-refractivity contribution in [2.24, 2.45) is 0 Å². The highest BCUT2D eigenvalue weighted by Crippen LogP contribution is 2.12. The molecule has 1 N–H and O–H groups in total. The van der Waals surface area contributed by atoms with Crippen molar-refractivity contribution in [2.45, 2.75) is 20.8 Å². The molecule has 0 spiro atoms. The predicted octanol–water partition coefficient (Wildman–Crippen LogP) is 1.62. The quantitative estimate of drug-likeness (QED) is 0.766. The number of anilines is 1.